The molecule has 3 aliphatic rings. The van der Waals surface area contributed by atoms with Gasteiger partial charge in [0.15, 0.2) is 11.8 Å². The minimum absolute atomic E-state index is 0.0315. The smallest absolute Gasteiger partial charge is 0.387 e. The Morgan fingerprint density at radius 2 is 1.91 bits per heavy atom. The second-order valence-corrected chi connectivity index (χ2v) is 9.15. The number of nitrogens with one attached hydrogen (secondary N) is 1. The first-order valence-corrected chi connectivity index (χ1v) is 11.6. The minimum Gasteiger partial charge on any atom is -0.433 e. The summed E-state index contributed by atoms with van der Waals surface area (Å²) in [4.78, 5) is 40.9. The molecule has 1 heterocycles. The van der Waals surface area contributed by atoms with Gasteiger partial charge in [0.05, 0.1) is 12.3 Å². The Balaban J connectivity index is 1.54. The third-order valence-electron chi connectivity index (χ3n) is 6.53. The van der Waals surface area contributed by atoms with Gasteiger partial charge in [-0.2, -0.15) is 8.78 Å². The third-order valence-corrected chi connectivity index (χ3v) is 6.53. The average Bonchev–Trinajstić information content (AvgIpc) is 3.56. The first kappa shape index (κ1) is 24.3. The van der Waals surface area contributed by atoms with Crippen LogP contribution in [0.1, 0.15) is 32.1 Å². The van der Waals surface area contributed by atoms with E-state index in [9.17, 15) is 23.2 Å². The molecule has 1 atom stereocenters. The van der Waals surface area contributed by atoms with Crippen molar-refractivity contribution in [2.75, 3.05) is 43.1 Å². The van der Waals surface area contributed by atoms with Gasteiger partial charge in [0.1, 0.15) is 6.61 Å². The zero-order chi connectivity index (χ0) is 24.2. The summed E-state index contributed by atoms with van der Waals surface area (Å²) in [5.74, 6) is -1.26. The largest absolute Gasteiger partial charge is 0.433 e. The number of nitrogens with zero attached hydrogens (tertiary/aromatic N) is 2. The molecule has 3 N–H and O–H groups in total. The fraction of sp³-hybridized carbons (Fsp3) is 0.609. The Morgan fingerprint density at radius 3 is 2.47 bits per heavy atom. The summed E-state index contributed by atoms with van der Waals surface area (Å²) in [5.41, 5.74) is 5.94. The Bertz CT molecular complexity index is 923. The van der Waals surface area contributed by atoms with Crippen molar-refractivity contribution in [3.8, 4) is 5.75 Å². The number of hydrogen-bond donors (Lipinski definition) is 2. The van der Waals surface area contributed by atoms with Gasteiger partial charge in [-0.25, -0.2) is 0 Å². The van der Waals surface area contributed by atoms with Crippen LogP contribution in [0.15, 0.2) is 18.2 Å². The van der Waals surface area contributed by atoms with Crippen molar-refractivity contribution in [3.63, 3.8) is 0 Å². The molecule has 0 radical (unpaired) electrons. The molecule has 3 fully saturated rings. The molecular formula is C23H30F2N4O5. The van der Waals surface area contributed by atoms with Crippen LogP contribution in [-0.2, 0) is 19.1 Å². The summed E-state index contributed by atoms with van der Waals surface area (Å²) in [6, 6.07) is 2.94. The maximum absolute atomic E-state index is 13.2. The summed E-state index contributed by atoms with van der Waals surface area (Å²) in [7, 11) is 0. The molecule has 1 saturated heterocycles. The lowest BCUT2D eigenvalue weighted by molar-refractivity contribution is -0.133. The number of anilines is 2. The van der Waals surface area contributed by atoms with Crippen molar-refractivity contribution in [2.24, 2.45) is 17.6 Å². The van der Waals surface area contributed by atoms with Crippen LogP contribution in [-0.4, -0.2) is 68.1 Å². The minimum atomic E-state index is -3.15. The molecule has 1 aromatic rings. The molecular weight excluding hydrogens is 450 g/mol. The molecule has 9 nitrogen and oxygen atoms in total. The number of hydrogen-bond acceptors (Lipinski definition) is 6. The number of alkyl halides is 2. The van der Waals surface area contributed by atoms with Crippen LogP contribution >= 0.6 is 0 Å². The number of benzene rings is 1. The number of primary amides is 1. The van der Waals surface area contributed by atoms with Gasteiger partial charge < -0.3 is 25.4 Å². The van der Waals surface area contributed by atoms with Crippen molar-refractivity contribution >= 4 is 29.1 Å². The molecule has 186 valence electrons. The van der Waals surface area contributed by atoms with E-state index in [0.29, 0.717) is 37.2 Å². The predicted octanol–water partition coefficient (Wildman–Crippen LogP) is 1.96. The van der Waals surface area contributed by atoms with Crippen molar-refractivity contribution in [1.82, 2.24) is 4.90 Å². The van der Waals surface area contributed by atoms with Crippen LogP contribution < -0.4 is 20.7 Å². The van der Waals surface area contributed by atoms with Gasteiger partial charge in [-0.1, -0.05) is 6.42 Å². The highest BCUT2D eigenvalue weighted by molar-refractivity contribution is 6.10. The topological polar surface area (TPSA) is 114 Å². The van der Waals surface area contributed by atoms with Crippen LogP contribution in [0.3, 0.4) is 0 Å². The standard InChI is InChI=1S/C23H30F2N4O5/c24-23(25)34-18-10-16(29-8-9-33-13-19(29)30)6-7-17(18)27-22(32)20(21(26)31)28(12-15-4-5-15)11-14-2-1-3-14/h6-7,10,14-15,20,23H,1-5,8-9,11-13H2,(H2,26,31)(H,27,32)/t20-/m1/s1. The van der Waals surface area contributed by atoms with Gasteiger partial charge in [-0.3, -0.25) is 19.3 Å². The van der Waals surface area contributed by atoms with E-state index in [4.69, 9.17) is 10.5 Å². The fourth-order valence-corrected chi connectivity index (χ4v) is 4.37. The summed E-state index contributed by atoms with van der Waals surface area (Å²) >= 11 is 0. The lowest BCUT2D eigenvalue weighted by Gasteiger charge is -2.35. The van der Waals surface area contributed by atoms with Crippen molar-refractivity contribution < 1.29 is 32.6 Å². The molecule has 3 amide bonds. The molecule has 2 aliphatic carbocycles. The Kier molecular flexibility index (Phi) is 7.62. The number of rotatable bonds is 11. The van der Waals surface area contributed by atoms with Gasteiger partial charge in [0.25, 0.3) is 11.8 Å². The highest BCUT2D eigenvalue weighted by atomic mass is 19.3. The molecule has 0 bridgehead atoms. The number of amides is 3. The maximum atomic E-state index is 13.2. The number of ether oxygens (including phenoxy) is 2. The molecule has 0 unspecified atom stereocenters. The molecule has 1 aliphatic heterocycles. The van der Waals surface area contributed by atoms with Gasteiger partial charge in [0.2, 0.25) is 5.91 Å². The van der Waals surface area contributed by atoms with E-state index >= 15 is 0 Å². The second kappa shape index (κ2) is 10.6. The maximum Gasteiger partial charge on any atom is 0.387 e. The van der Waals surface area contributed by atoms with Gasteiger partial charge in [-0.05, 0) is 49.7 Å². The fourth-order valence-electron chi connectivity index (χ4n) is 4.37. The second-order valence-electron chi connectivity index (χ2n) is 9.15. The molecule has 2 saturated carbocycles. The SMILES string of the molecule is NC(=O)[C@H](C(=O)Nc1ccc(N2CCOCC2=O)cc1OC(F)F)N(CC1CCC1)CC1CC1. The van der Waals surface area contributed by atoms with Gasteiger partial charge in [-0.15, -0.1) is 0 Å². The van der Waals surface area contributed by atoms with E-state index in [-0.39, 0.29) is 30.5 Å². The van der Waals surface area contributed by atoms with E-state index in [2.05, 4.69) is 10.1 Å². The van der Waals surface area contributed by atoms with E-state index in [1.807, 2.05) is 4.90 Å². The summed E-state index contributed by atoms with van der Waals surface area (Å²) in [5, 5.41) is 2.55. The molecule has 0 spiro atoms. The van der Waals surface area contributed by atoms with Crippen LogP contribution in [0.4, 0.5) is 20.2 Å². The number of carbonyl (C=O) groups is 3. The predicted molar refractivity (Wildman–Crippen MR) is 119 cm³/mol. The monoisotopic (exact) mass is 480 g/mol. The first-order valence-electron chi connectivity index (χ1n) is 11.6. The van der Waals surface area contributed by atoms with E-state index in [1.165, 1.54) is 23.1 Å². The Labute approximate surface area is 196 Å². The number of carbonyl (C=O) groups excluding carboxylic acids is 3. The number of nitrogens with two attached hydrogens (primary N) is 1. The highest BCUT2D eigenvalue weighted by Gasteiger charge is 2.37. The number of halogens is 2. The number of morpholine rings is 1. The quantitative estimate of drug-likeness (QED) is 0.468. The average molecular weight is 481 g/mol. The zero-order valence-corrected chi connectivity index (χ0v) is 18.9. The van der Waals surface area contributed by atoms with Crippen LogP contribution in [0.5, 0.6) is 5.75 Å². The summed E-state index contributed by atoms with van der Waals surface area (Å²) < 4.78 is 36.0. The Hall–Kier alpha value is -2.79. The van der Waals surface area contributed by atoms with Crippen LogP contribution in [0, 0.1) is 11.8 Å². The zero-order valence-electron chi connectivity index (χ0n) is 18.9. The summed E-state index contributed by atoms with van der Waals surface area (Å²) in [6.07, 6.45) is 5.30. The third kappa shape index (κ3) is 6.01. The van der Waals surface area contributed by atoms with E-state index in [1.54, 1.807) is 0 Å². The highest BCUT2D eigenvalue weighted by Crippen LogP contribution is 2.35. The Morgan fingerprint density at radius 1 is 1.21 bits per heavy atom. The van der Waals surface area contributed by atoms with Crippen molar-refractivity contribution in [1.29, 1.82) is 0 Å². The van der Waals surface area contributed by atoms with Crippen LogP contribution in [0.25, 0.3) is 0 Å². The molecule has 0 aromatic heterocycles. The molecule has 1 aromatic carbocycles. The summed E-state index contributed by atoms with van der Waals surface area (Å²) in [6.45, 7) is -1.50. The van der Waals surface area contributed by atoms with E-state index in [0.717, 1.165) is 32.1 Å². The first-order chi connectivity index (χ1) is 16.3. The molecule has 11 heteroatoms. The van der Waals surface area contributed by atoms with Gasteiger partial charge >= 0.3 is 6.61 Å². The lowest BCUT2D eigenvalue weighted by Crippen LogP contribution is -2.54. The van der Waals surface area contributed by atoms with Crippen molar-refractivity contribution in [2.45, 2.75) is 44.8 Å². The molecule has 4 rings (SSSR count). The van der Waals surface area contributed by atoms with Crippen LogP contribution in [0.2, 0.25) is 0 Å². The normalized spacial score (nSPS) is 19.8. The van der Waals surface area contributed by atoms with E-state index < -0.39 is 24.5 Å². The lowest BCUT2D eigenvalue weighted by atomic mass is 9.84. The van der Waals surface area contributed by atoms with Gasteiger partial charge in [0, 0.05) is 31.4 Å². The molecule has 34 heavy (non-hydrogen) atoms. The van der Waals surface area contributed by atoms with Crippen molar-refractivity contribution in [3.05, 3.63) is 18.2 Å².